The van der Waals surface area contributed by atoms with Crippen molar-refractivity contribution in [3.8, 4) is 17.0 Å². The molecule has 1 aromatic heterocycles. The van der Waals surface area contributed by atoms with Crippen molar-refractivity contribution < 1.29 is 9.53 Å². The molecule has 0 fully saturated rings. The van der Waals surface area contributed by atoms with E-state index in [9.17, 15) is 4.79 Å². The predicted octanol–water partition coefficient (Wildman–Crippen LogP) is 7.19. The Hall–Kier alpha value is -2.22. The Kier molecular flexibility index (Phi) is 8.40. The Balaban J connectivity index is 1.38. The van der Waals surface area contributed by atoms with Gasteiger partial charge in [0.2, 0.25) is 0 Å². The Morgan fingerprint density at radius 3 is 2.41 bits per heavy atom. The van der Waals surface area contributed by atoms with Crippen LogP contribution in [0.15, 0.2) is 71.1 Å². The van der Waals surface area contributed by atoms with Crippen LogP contribution in [0, 0.1) is 7.14 Å². The second-order valence-electron chi connectivity index (χ2n) is 6.96. The molecule has 2 N–H and O–H groups in total. The third-order valence-corrected chi connectivity index (χ3v) is 7.26. The van der Waals surface area contributed by atoms with E-state index in [0.717, 1.165) is 40.5 Å². The summed E-state index contributed by atoms with van der Waals surface area (Å²) in [4.78, 5) is 17.1. The highest BCUT2D eigenvalue weighted by molar-refractivity contribution is 14.1. The first-order chi connectivity index (χ1) is 16.4. The number of nitrogens with one attached hydrogen (secondary N) is 2. The third kappa shape index (κ3) is 6.26. The number of thiazole rings is 1. The topological polar surface area (TPSA) is 75.6 Å². The second-order valence-corrected chi connectivity index (χ2v) is 10.6. The molecular weight excluding hydrogens is 698 g/mol. The summed E-state index contributed by atoms with van der Waals surface area (Å²) in [6, 6.07) is 18.6. The molecule has 1 heterocycles. The summed E-state index contributed by atoms with van der Waals surface area (Å²) in [7, 11) is 1.64. The average Bonchev–Trinajstić information content (AvgIpc) is 3.29. The van der Waals surface area contributed by atoms with Crippen LogP contribution >= 0.6 is 68.1 Å². The predicted molar refractivity (Wildman–Crippen MR) is 156 cm³/mol. The summed E-state index contributed by atoms with van der Waals surface area (Å²) >= 11 is 11.9. The molecule has 0 aliphatic rings. The first-order valence-electron chi connectivity index (χ1n) is 9.88. The minimum absolute atomic E-state index is 0.288. The van der Waals surface area contributed by atoms with Gasteiger partial charge in [0.25, 0.3) is 5.91 Å². The Morgan fingerprint density at radius 1 is 1.09 bits per heavy atom. The van der Waals surface area contributed by atoms with Gasteiger partial charge in [0, 0.05) is 27.2 Å². The molecule has 6 nitrogen and oxygen atoms in total. The van der Waals surface area contributed by atoms with Gasteiger partial charge in [-0.25, -0.2) is 10.4 Å². The molecule has 0 aliphatic heterocycles. The molecule has 0 atom stereocenters. The van der Waals surface area contributed by atoms with Crippen LogP contribution in [0.5, 0.6) is 5.75 Å². The molecule has 4 aromatic rings. The van der Waals surface area contributed by atoms with Gasteiger partial charge in [-0.05, 0) is 99.3 Å². The second kappa shape index (κ2) is 11.5. The van der Waals surface area contributed by atoms with E-state index in [1.807, 2.05) is 53.9 Å². The molecule has 0 saturated carbocycles. The fraction of sp³-hybridized carbons (Fsp3) is 0.0417. The van der Waals surface area contributed by atoms with E-state index in [1.54, 1.807) is 25.5 Å². The Bertz CT molecular complexity index is 1320. The number of rotatable bonds is 7. The molecule has 4 rings (SSSR count). The zero-order valence-corrected chi connectivity index (χ0v) is 23.6. The summed E-state index contributed by atoms with van der Waals surface area (Å²) in [6.07, 6.45) is 1.61. The lowest BCUT2D eigenvalue weighted by Crippen LogP contribution is -2.17. The number of nitrogens with zero attached hydrogens (tertiary/aromatic N) is 2. The number of carbonyl (C=O) groups is 1. The normalized spacial score (nSPS) is 10.9. The molecule has 172 valence electrons. The molecule has 0 aliphatic carbocycles. The van der Waals surface area contributed by atoms with E-state index in [1.165, 1.54) is 11.3 Å². The van der Waals surface area contributed by atoms with Gasteiger partial charge in [0.1, 0.15) is 5.75 Å². The molecule has 0 saturated heterocycles. The van der Waals surface area contributed by atoms with Crippen LogP contribution in [0.25, 0.3) is 11.3 Å². The monoisotopic (exact) mass is 714 g/mol. The molecule has 0 bridgehead atoms. The number of methoxy groups -OCH3 is 1. The van der Waals surface area contributed by atoms with E-state index in [4.69, 9.17) is 16.3 Å². The minimum atomic E-state index is -0.288. The maximum absolute atomic E-state index is 12.5. The third-order valence-electron chi connectivity index (χ3n) is 4.65. The molecule has 0 radical (unpaired) electrons. The lowest BCUT2D eigenvalue weighted by molar-refractivity contribution is 0.0955. The highest BCUT2D eigenvalue weighted by atomic mass is 127. The maximum Gasteiger partial charge on any atom is 0.271 e. The van der Waals surface area contributed by atoms with Crippen molar-refractivity contribution in [2.45, 2.75) is 0 Å². The van der Waals surface area contributed by atoms with Gasteiger partial charge in [-0.1, -0.05) is 23.7 Å². The molecule has 10 heteroatoms. The first kappa shape index (κ1) is 24.9. The van der Waals surface area contributed by atoms with E-state index >= 15 is 0 Å². The number of hydrogen-bond acceptors (Lipinski definition) is 6. The molecule has 34 heavy (non-hydrogen) atoms. The van der Waals surface area contributed by atoms with Crippen molar-refractivity contribution in [2.75, 3.05) is 12.4 Å². The number of halogens is 3. The highest BCUT2D eigenvalue weighted by Crippen LogP contribution is 2.29. The van der Waals surface area contributed by atoms with Crippen LogP contribution in [0.4, 0.5) is 10.8 Å². The van der Waals surface area contributed by atoms with Crippen molar-refractivity contribution in [3.63, 3.8) is 0 Å². The largest absolute Gasteiger partial charge is 0.495 e. The summed E-state index contributed by atoms with van der Waals surface area (Å²) in [6.45, 7) is 0. The zero-order chi connectivity index (χ0) is 24.1. The van der Waals surface area contributed by atoms with Gasteiger partial charge in [-0.2, -0.15) is 5.10 Å². The van der Waals surface area contributed by atoms with Gasteiger partial charge in [0.15, 0.2) is 5.13 Å². The van der Waals surface area contributed by atoms with Crippen LogP contribution in [-0.2, 0) is 0 Å². The fourth-order valence-corrected chi connectivity index (χ4v) is 6.11. The molecule has 1 amide bonds. The van der Waals surface area contributed by atoms with Crippen LogP contribution in [0.2, 0.25) is 5.02 Å². The van der Waals surface area contributed by atoms with Crippen LogP contribution < -0.4 is 15.5 Å². The van der Waals surface area contributed by atoms with Gasteiger partial charge in [0.05, 0.1) is 26.2 Å². The fourth-order valence-electron chi connectivity index (χ4n) is 2.99. The number of anilines is 2. The van der Waals surface area contributed by atoms with Crippen molar-refractivity contribution in [2.24, 2.45) is 5.10 Å². The Morgan fingerprint density at radius 2 is 1.76 bits per heavy atom. The molecule has 0 spiro atoms. The highest BCUT2D eigenvalue weighted by Gasteiger charge is 2.09. The van der Waals surface area contributed by atoms with Crippen molar-refractivity contribution in [1.82, 2.24) is 10.4 Å². The number of aromatic nitrogens is 1. The summed E-state index contributed by atoms with van der Waals surface area (Å²) in [5.74, 6) is 0.541. The van der Waals surface area contributed by atoms with Crippen molar-refractivity contribution in [1.29, 1.82) is 0 Å². The summed E-state index contributed by atoms with van der Waals surface area (Å²) in [5, 5.41) is 10.8. The molecule has 3 aromatic carbocycles. The number of carbonyl (C=O) groups excluding carboxylic acids is 1. The lowest BCUT2D eigenvalue weighted by atomic mass is 10.1. The minimum Gasteiger partial charge on any atom is -0.495 e. The maximum atomic E-state index is 12.5. The molecule has 0 unspecified atom stereocenters. The number of benzene rings is 3. The quantitative estimate of drug-likeness (QED) is 0.121. The van der Waals surface area contributed by atoms with E-state index < -0.39 is 0 Å². The van der Waals surface area contributed by atoms with Gasteiger partial charge < -0.3 is 10.1 Å². The number of hydrogen-bond donors (Lipinski definition) is 2. The van der Waals surface area contributed by atoms with E-state index in [0.29, 0.717) is 10.6 Å². The number of ether oxygens (including phenoxy) is 1. The smallest absolute Gasteiger partial charge is 0.271 e. The van der Waals surface area contributed by atoms with Crippen LogP contribution in [0.3, 0.4) is 0 Å². The average molecular weight is 715 g/mol. The van der Waals surface area contributed by atoms with Crippen molar-refractivity contribution >= 4 is 91.1 Å². The summed E-state index contributed by atoms with van der Waals surface area (Å²) in [5.41, 5.74) is 6.61. The van der Waals surface area contributed by atoms with Gasteiger partial charge >= 0.3 is 0 Å². The van der Waals surface area contributed by atoms with Crippen molar-refractivity contribution in [3.05, 3.63) is 89.3 Å². The number of hydrazone groups is 1. The Labute approximate surface area is 233 Å². The summed E-state index contributed by atoms with van der Waals surface area (Å²) < 4.78 is 7.32. The zero-order valence-electron chi connectivity index (χ0n) is 17.7. The van der Waals surface area contributed by atoms with E-state index in [2.05, 4.69) is 66.0 Å². The van der Waals surface area contributed by atoms with Crippen LogP contribution in [0.1, 0.15) is 15.9 Å². The SMILES string of the molecule is COc1c(I)cc(/C=N\NC(=O)c2ccc(-c3csc(Nc4ccc(Cl)cc4)n3)cc2)cc1I. The van der Waals surface area contributed by atoms with Gasteiger partial charge in [-0.3, -0.25) is 4.79 Å². The standard InChI is InChI=1S/C24H17ClI2N4O2S/c1-33-22-19(26)10-14(11-20(22)27)12-28-31-23(32)16-4-2-15(3-5-16)21-13-34-24(30-21)29-18-8-6-17(25)7-9-18/h2-13H,1H3,(H,29,30)(H,31,32)/b28-12-. The van der Waals surface area contributed by atoms with Gasteiger partial charge in [-0.15, -0.1) is 11.3 Å². The number of amides is 1. The lowest BCUT2D eigenvalue weighted by Gasteiger charge is -2.07. The van der Waals surface area contributed by atoms with Crippen LogP contribution in [-0.4, -0.2) is 24.2 Å². The molecular formula is C24H17ClI2N4O2S. The van der Waals surface area contributed by atoms with E-state index in [-0.39, 0.29) is 5.91 Å². The first-order valence-corrected chi connectivity index (χ1v) is 13.3.